The number of methoxy groups -OCH3 is 1. The van der Waals surface area contributed by atoms with Crippen molar-refractivity contribution < 1.29 is 102 Å². The number of aliphatic imine (C=N–C) groups is 2. The molecule has 0 spiro atoms. The number of fused-ring (bicyclic) bond motifs is 1. The van der Waals surface area contributed by atoms with Crippen LogP contribution in [0.25, 0.3) is 10.9 Å². The number of rotatable bonds is 61. The van der Waals surface area contributed by atoms with Gasteiger partial charge in [0, 0.05) is 89.2 Å². The van der Waals surface area contributed by atoms with Crippen LogP contribution in [0.5, 0.6) is 11.5 Å². The van der Waals surface area contributed by atoms with Crippen LogP contribution in [0, 0.1) is 11.8 Å². The molecule has 0 saturated heterocycles. The molecule has 1 unspecified atom stereocenters. The van der Waals surface area contributed by atoms with Crippen molar-refractivity contribution in [3.05, 3.63) is 126 Å². The molecule has 1 aliphatic rings. The van der Waals surface area contributed by atoms with Crippen molar-refractivity contribution in [1.29, 1.82) is 0 Å². The van der Waals surface area contributed by atoms with E-state index in [9.17, 15) is 68.1 Å². The molecule has 0 radical (unpaired) electrons. The zero-order valence-corrected chi connectivity index (χ0v) is 79.9. The number of hydrogen-bond acceptors (Lipinski definition) is 25. The Morgan fingerprint density at radius 2 is 0.871 bits per heavy atom. The number of amides is 17. The molecule has 47 nitrogen and oxygen atoms in total. The summed E-state index contributed by atoms with van der Waals surface area (Å²) in [6.07, 6.45) is -2.69. The van der Waals surface area contributed by atoms with Gasteiger partial charge in [-0.3, -0.25) is 96.5 Å². The molecule has 5 aromatic rings. The predicted octanol–water partition coefficient (Wildman–Crippen LogP) is -4.22. The minimum Gasteiger partial charge on any atom is -0.508 e. The van der Waals surface area contributed by atoms with E-state index in [4.69, 9.17) is 44.9 Å². The summed E-state index contributed by atoms with van der Waals surface area (Å²) in [7, 11) is 1.48. The minimum atomic E-state index is -1.76. The number of phenolic OH excluding ortho intramolecular Hbond substituents is 1. The van der Waals surface area contributed by atoms with Crippen molar-refractivity contribution in [2.75, 3.05) is 44.9 Å². The number of unbranched alkanes of at least 4 members (excludes halogenated alkanes) is 2. The van der Waals surface area contributed by atoms with Gasteiger partial charge in [-0.2, -0.15) is 5.10 Å². The second kappa shape index (κ2) is 57.9. The Morgan fingerprint density at radius 1 is 0.457 bits per heavy atom. The van der Waals surface area contributed by atoms with E-state index in [0.29, 0.717) is 39.0 Å². The smallest absolute Gasteiger partial charge is 0.267 e. The highest BCUT2D eigenvalue weighted by atomic mass is 16.5. The first-order valence-electron chi connectivity index (χ1n) is 46.2. The number of aliphatic hydroxyl groups excluding tert-OH is 2. The van der Waals surface area contributed by atoms with Gasteiger partial charge < -0.3 is 140 Å². The maximum Gasteiger partial charge on any atom is 0.267 e. The van der Waals surface area contributed by atoms with E-state index in [2.05, 4.69) is 94.5 Å². The number of nitrogens with one attached hydrogen (secondary N) is 15. The normalized spacial score (nSPS) is 15.0. The Labute approximate surface area is 810 Å². The van der Waals surface area contributed by atoms with Gasteiger partial charge in [0.15, 0.2) is 11.9 Å². The van der Waals surface area contributed by atoms with Crippen molar-refractivity contribution in [3.8, 4) is 11.5 Å². The highest BCUT2D eigenvalue weighted by molar-refractivity contribution is 6.40. The molecule has 0 saturated carbocycles. The SMILES string of the molecule is COc1ccc(N2N=C(C(=O)NCCCC[C@H](NC(=O)[C@H](CC(C)C)NC(=O)[C@H](CCC(N)=O)NC(=O)[C@H](CCCN=C(N)N)NC(=O)[C@H](Cc3c[nH]c4ccccc34)NC(=O)[C@H](Cc3ccc(O)cc3)NC(=O)[C@H](CCCN=C(N)N)NC(=O)[C@H](CCCCNC(C)=O)NC(=O)[C@H](Cc3ccccc3)NC(=O)[C@@H](NC(=O)[C@H](CC(C)C)NC(C)=O)[C@@H](C)O)C(=O)N[C@@H](CO)C(N)=O)CC2C(N)=O)cc1. The van der Waals surface area contributed by atoms with Crippen LogP contribution in [0.15, 0.2) is 124 Å². The van der Waals surface area contributed by atoms with Gasteiger partial charge in [0.1, 0.15) is 95.8 Å². The second-order valence-electron chi connectivity index (χ2n) is 34.9. The van der Waals surface area contributed by atoms with E-state index in [1.165, 1.54) is 57.2 Å². The zero-order valence-electron chi connectivity index (χ0n) is 79.9. The molecule has 1 aliphatic heterocycles. The zero-order chi connectivity index (χ0) is 103. The van der Waals surface area contributed by atoms with Crippen molar-refractivity contribution in [1.82, 2.24) is 79.4 Å². The standard InChI is InChI=1S/C93H136N26O21/c1-50(2)42-68(106-54(7)123)90(138)117-77(52(5)121)91(139)115-71(44-55-20-10-9-11-21-55)87(135)109-63(24-14-16-38-101-53(6)122)81(129)107-66(27-19-41-104-93(99)100)83(131)113-70(45-56-28-32-59(124)33-29-56)88(136)114-72(46-57-48-105-62-23-13-12-22-61(57)62)89(137)110-65(26-18-40-103-92(97)98)82(130)111-67(36-37-76(94)125)85(133)112-69(43-51(3)4)86(134)108-64(84(132)116-74(49-120)78(95)126)25-15-17-39-102-80(128)73-47-75(79(96)127)119(118-73)58-30-34-60(140-8)35-31-58/h9-13,20-23,28-35,48,50-52,63-72,74-75,77,105,120-121,124H,14-19,24-27,36-47,49H2,1-8H3,(H2,94,125)(H2,95,126)(H2,96,127)(H,101,122)(H,102,128)(H,106,123)(H,107,129)(H,108,134)(H,109,135)(H,110,137)(H,111,130)(H,112,133)(H,113,131)(H,114,136)(H,115,139)(H,116,132)(H,117,138)(H4,97,98,103)(H4,99,100,104)/t52-,63+,64+,65+,66+,67+,68+,69+,70+,71+,72+,74+,75?,77+/m1/s1. The summed E-state index contributed by atoms with van der Waals surface area (Å²) >= 11 is 0. The molecule has 0 aliphatic carbocycles. The van der Waals surface area contributed by atoms with Gasteiger partial charge in [-0.15, -0.1) is 0 Å². The highest BCUT2D eigenvalue weighted by Gasteiger charge is 2.41. The van der Waals surface area contributed by atoms with E-state index in [-0.39, 0.29) is 158 Å². The van der Waals surface area contributed by atoms with E-state index in [0.717, 1.165) is 0 Å². The number of H-pyrrole nitrogens is 1. The van der Waals surface area contributed by atoms with E-state index in [1.54, 1.807) is 113 Å². The number of carbonyl (C=O) groups excluding carboxylic acids is 17. The number of para-hydroxylation sites is 1. The van der Waals surface area contributed by atoms with Crippen LogP contribution >= 0.6 is 0 Å². The number of benzene rings is 4. The molecule has 14 atom stereocenters. The molecule has 47 heteroatoms. The van der Waals surface area contributed by atoms with Crippen LogP contribution < -0.4 is 124 Å². The Balaban J connectivity index is 1.33. The lowest BCUT2D eigenvalue weighted by Crippen LogP contribution is -2.62. The number of phenols is 1. The lowest BCUT2D eigenvalue weighted by molar-refractivity contribution is -0.137. The monoisotopic (exact) mass is 1950 g/mol. The summed E-state index contributed by atoms with van der Waals surface area (Å²) in [6, 6.07) is 7.05. The molecule has 32 N–H and O–H groups in total. The van der Waals surface area contributed by atoms with Crippen LogP contribution in [-0.4, -0.2) is 263 Å². The number of anilines is 1. The molecule has 17 amide bonds. The summed E-state index contributed by atoms with van der Waals surface area (Å²) in [5.41, 5.74) is 42.0. The maximum atomic E-state index is 15.7. The number of aromatic amines is 1. The van der Waals surface area contributed by atoms with Crippen molar-refractivity contribution >= 4 is 135 Å². The van der Waals surface area contributed by atoms with Gasteiger partial charge >= 0.3 is 0 Å². The fraction of sp³-hybridized carbons (Fsp3) is 0.505. The average molecular weight is 1950 g/mol. The third-order valence-corrected chi connectivity index (χ3v) is 22.4. The third kappa shape index (κ3) is 39.2. The molecular formula is C93H136N26O21. The van der Waals surface area contributed by atoms with Crippen LogP contribution in [0.1, 0.15) is 161 Å². The van der Waals surface area contributed by atoms with E-state index < -0.39 is 211 Å². The van der Waals surface area contributed by atoms with Crippen LogP contribution in [-0.2, 0) is 101 Å². The average Bonchev–Trinajstić information content (AvgIpc) is 1.66. The van der Waals surface area contributed by atoms with Crippen LogP contribution in [0.3, 0.4) is 0 Å². The number of aromatic hydroxyl groups is 1. The lowest BCUT2D eigenvalue weighted by Gasteiger charge is -2.29. The van der Waals surface area contributed by atoms with Crippen molar-refractivity contribution in [3.63, 3.8) is 0 Å². The largest absolute Gasteiger partial charge is 0.508 e. The molecule has 764 valence electrons. The van der Waals surface area contributed by atoms with Crippen molar-refractivity contribution in [2.45, 2.75) is 249 Å². The quantitative estimate of drug-likeness (QED) is 0.00997. The second-order valence-corrected chi connectivity index (χ2v) is 34.9. The Morgan fingerprint density at radius 3 is 1.32 bits per heavy atom. The van der Waals surface area contributed by atoms with Gasteiger partial charge in [-0.05, 0) is 161 Å². The molecule has 4 aromatic carbocycles. The summed E-state index contributed by atoms with van der Waals surface area (Å²) in [5, 5.41) is 74.6. The summed E-state index contributed by atoms with van der Waals surface area (Å²) in [6.45, 7) is 9.62. The lowest BCUT2D eigenvalue weighted by atomic mass is 10.00. The molecule has 140 heavy (non-hydrogen) atoms. The van der Waals surface area contributed by atoms with Gasteiger partial charge in [0.2, 0.25) is 94.5 Å². The number of carbonyl (C=O) groups is 17. The molecule has 6 rings (SSSR count). The molecule has 0 bridgehead atoms. The number of ether oxygens (including phenoxy) is 1. The number of nitrogens with two attached hydrogens (primary N) is 7. The Bertz CT molecular complexity index is 5140. The number of guanidine groups is 2. The van der Waals surface area contributed by atoms with Crippen LogP contribution in [0.2, 0.25) is 0 Å². The van der Waals surface area contributed by atoms with E-state index in [1.807, 2.05) is 0 Å². The number of primary amides is 3. The fourth-order valence-corrected chi connectivity index (χ4v) is 15.1. The van der Waals surface area contributed by atoms with Crippen LogP contribution in [0.4, 0.5) is 5.69 Å². The molecule has 1 aromatic heterocycles. The Hall–Kier alpha value is -15.1. The molecule has 0 fully saturated rings. The van der Waals surface area contributed by atoms with Crippen molar-refractivity contribution in [2.24, 2.45) is 67.1 Å². The molecule has 2 heterocycles. The van der Waals surface area contributed by atoms with Gasteiger partial charge in [-0.25, -0.2) is 0 Å². The van der Waals surface area contributed by atoms with E-state index >= 15 is 28.8 Å². The topological polar surface area (TPSA) is 767 Å². The number of hydrazone groups is 1. The first kappa shape index (κ1) is 114. The third-order valence-electron chi connectivity index (χ3n) is 22.4. The molecular weight excluding hydrogens is 1820 g/mol. The first-order chi connectivity index (χ1) is 66.4. The fourth-order valence-electron chi connectivity index (χ4n) is 15.1. The Kier molecular flexibility index (Phi) is 47.0. The summed E-state index contributed by atoms with van der Waals surface area (Å²) in [4.78, 5) is 251. The van der Waals surface area contributed by atoms with Gasteiger partial charge in [0.05, 0.1) is 25.5 Å². The number of aliphatic hydroxyl groups is 2. The number of nitrogens with zero attached hydrogens (tertiary/aromatic N) is 4. The number of aromatic nitrogens is 1. The minimum absolute atomic E-state index is 0.0160. The predicted molar refractivity (Wildman–Crippen MR) is 518 cm³/mol. The highest BCUT2D eigenvalue weighted by Crippen LogP contribution is 2.28. The summed E-state index contributed by atoms with van der Waals surface area (Å²) < 4.78 is 5.23. The first-order valence-corrected chi connectivity index (χ1v) is 46.2. The van der Waals surface area contributed by atoms with Gasteiger partial charge in [-0.1, -0.05) is 88.4 Å². The van der Waals surface area contributed by atoms with Gasteiger partial charge in [0.25, 0.3) is 5.91 Å². The number of hydrogen-bond donors (Lipinski definition) is 25. The summed E-state index contributed by atoms with van der Waals surface area (Å²) in [5.74, 6) is -16.3. The maximum absolute atomic E-state index is 15.7.